The normalized spacial score (nSPS) is 10.7. The highest BCUT2D eigenvalue weighted by Crippen LogP contribution is 2.19. The van der Waals surface area contributed by atoms with Gasteiger partial charge in [0, 0.05) is 24.0 Å². The molecule has 3 rings (SSSR count). The third-order valence-corrected chi connectivity index (χ3v) is 3.21. The summed E-state index contributed by atoms with van der Waals surface area (Å²) in [4.78, 5) is 7.10. The highest BCUT2D eigenvalue weighted by Gasteiger charge is 2.01. The minimum Gasteiger partial charge on any atom is -0.394 e. The van der Waals surface area contributed by atoms with E-state index in [1.54, 1.807) is 17.2 Å². The van der Waals surface area contributed by atoms with Crippen LogP contribution in [-0.2, 0) is 13.1 Å². The fourth-order valence-electron chi connectivity index (χ4n) is 2.11. The quantitative estimate of drug-likeness (QED) is 0.645. The first-order chi connectivity index (χ1) is 10.3. The molecular weight excluding hydrogens is 266 g/mol. The number of nitrogens with one attached hydrogen (secondary N) is 2. The number of H-pyrrole nitrogens is 1. The molecule has 1 aromatic carbocycles. The Morgan fingerprint density at radius 1 is 1.19 bits per heavy atom. The number of rotatable bonds is 6. The molecule has 0 spiro atoms. The van der Waals surface area contributed by atoms with Crippen LogP contribution in [-0.4, -0.2) is 31.5 Å². The number of aromatic nitrogens is 4. The minimum absolute atomic E-state index is 0.101. The molecule has 6 nitrogen and oxygen atoms in total. The summed E-state index contributed by atoms with van der Waals surface area (Å²) >= 11 is 0. The molecule has 3 aromatic rings. The van der Waals surface area contributed by atoms with Gasteiger partial charge in [-0.3, -0.25) is 4.68 Å². The summed E-state index contributed by atoms with van der Waals surface area (Å²) in [6, 6.07) is 8.17. The van der Waals surface area contributed by atoms with Crippen molar-refractivity contribution in [3.8, 4) is 11.3 Å². The van der Waals surface area contributed by atoms with Crippen LogP contribution >= 0.6 is 0 Å². The third-order valence-electron chi connectivity index (χ3n) is 3.21. The van der Waals surface area contributed by atoms with Crippen LogP contribution in [0.2, 0.25) is 0 Å². The molecule has 2 heterocycles. The number of aliphatic hydroxyl groups is 1. The van der Waals surface area contributed by atoms with E-state index in [1.807, 2.05) is 36.7 Å². The van der Waals surface area contributed by atoms with E-state index in [0.717, 1.165) is 22.5 Å². The molecule has 0 saturated carbocycles. The molecule has 0 atom stereocenters. The fraction of sp³-hybridized carbons (Fsp3) is 0.200. The Morgan fingerprint density at radius 3 is 2.76 bits per heavy atom. The van der Waals surface area contributed by atoms with Crippen LogP contribution in [0.3, 0.4) is 0 Å². The lowest BCUT2D eigenvalue weighted by Gasteiger charge is -2.05. The summed E-state index contributed by atoms with van der Waals surface area (Å²) in [5.41, 5.74) is 4.25. The number of anilines is 1. The van der Waals surface area contributed by atoms with Gasteiger partial charge in [0.05, 0.1) is 37.6 Å². The van der Waals surface area contributed by atoms with Crippen molar-refractivity contribution in [3.05, 3.63) is 54.7 Å². The van der Waals surface area contributed by atoms with Gasteiger partial charge in [0.1, 0.15) is 0 Å². The highest BCUT2D eigenvalue weighted by atomic mass is 16.3. The second-order valence-corrected chi connectivity index (χ2v) is 4.73. The van der Waals surface area contributed by atoms with Crippen molar-refractivity contribution in [1.29, 1.82) is 0 Å². The van der Waals surface area contributed by atoms with Gasteiger partial charge in [-0.05, 0) is 17.7 Å². The number of aliphatic hydroxyl groups excluding tert-OH is 1. The summed E-state index contributed by atoms with van der Waals surface area (Å²) in [7, 11) is 0. The lowest BCUT2D eigenvalue weighted by Crippen LogP contribution is -2.02. The van der Waals surface area contributed by atoms with Crippen molar-refractivity contribution < 1.29 is 5.11 Å². The molecule has 0 saturated heterocycles. The zero-order valence-electron chi connectivity index (χ0n) is 11.5. The topological polar surface area (TPSA) is 78.8 Å². The largest absolute Gasteiger partial charge is 0.394 e. The van der Waals surface area contributed by atoms with E-state index in [9.17, 15) is 0 Å². The summed E-state index contributed by atoms with van der Waals surface area (Å²) in [6.45, 7) is 1.33. The Hall–Kier alpha value is -2.60. The minimum atomic E-state index is 0.101. The van der Waals surface area contributed by atoms with Crippen LogP contribution in [0.25, 0.3) is 11.3 Å². The number of aromatic amines is 1. The Labute approximate surface area is 122 Å². The van der Waals surface area contributed by atoms with E-state index in [-0.39, 0.29) is 6.61 Å². The molecule has 0 amide bonds. The zero-order valence-corrected chi connectivity index (χ0v) is 11.5. The highest BCUT2D eigenvalue weighted by molar-refractivity contribution is 5.61. The molecule has 6 heteroatoms. The number of imidazole rings is 1. The van der Waals surface area contributed by atoms with Crippen LogP contribution in [0.5, 0.6) is 0 Å². The molecule has 0 unspecified atom stereocenters. The molecule has 0 fully saturated rings. The van der Waals surface area contributed by atoms with Gasteiger partial charge in [0.15, 0.2) is 0 Å². The van der Waals surface area contributed by atoms with Crippen LogP contribution < -0.4 is 5.32 Å². The van der Waals surface area contributed by atoms with Crippen molar-refractivity contribution in [1.82, 2.24) is 19.7 Å². The van der Waals surface area contributed by atoms with E-state index >= 15 is 0 Å². The standard InChI is InChI=1S/C15H17N5O/c21-6-5-20-10-12(8-19-20)7-17-14-3-1-13(2-4-14)15-9-16-11-18-15/h1-4,8-11,17,21H,5-7H2,(H,16,18). The maximum atomic E-state index is 8.86. The van der Waals surface area contributed by atoms with Gasteiger partial charge in [-0.15, -0.1) is 0 Å². The first-order valence-corrected chi connectivity index (χ1v) is 6.80. The lowest BCUT2D eigenvalue weighted by atomic mass is 10.1. The van der Waals surface area contributed by atoms with Crippen LogP contribution in [0.15, 0.2) is 49.2 Å². The van der Waals surface area contributed by atoms with Crippen LogP contribution in [0.4, 0.5) is 5.69 Å². The second-order valence-electron chi connectivity index (χ2n) is 4.73. The van der Waals surface area contributed by atoms with Gasteiger partial charge in [-0.25, -0.2) is 4.98 Å². The average molecular weight is 283 g/mol. The summed E-state index contributed by atoms with van der Waals surface area (Å²) in [5.74, 6) is 0. The first kappa shape index (κ1) is 13.4. The molecule has 0 aliphatic carbocycles. The maximum absolute atomic E-state index is 8.86. The predicted octanol–water partition coefficient (Wildman–Crippen LogP) is 1.88. The molecule has 108 valence electrons. The molecule has 3 N–H and O–H groups in total. The lowest BCUT2D eigenvalue weighted by molar-refractivity contribution is 0.269. The van der Waals surface area contributed by atoms with Crippen LogP contribution in [0, 0.1) is 0 Å². The van der Waals surface area contributed by atoms with E-state index in [4.69, 9.17) is 5.11 Å². The van der Waals surface area contributed by atoms with Gasteiger partial charge < -0.3 is 15.4 Å². The van der Waals surface area contributed by atoms with Gasteiger partial charge in [-0.2, -0.15) is 5.10 Å². The van der Waals surface area contributed by atoms with E-state index < -0.39 is 0 Å². The molecular formula is C15H17N5O. The zero-order chi connectivity index (χ0) is 14.5. The molecule has 2 aromatic heterocycles. The Kier molecular flexibility index (Phi) is 3.97. The third kappa shape index (κ3) is 3.29. The Bertz CT molecular complexity index is 672. The van der Waals surface area contributed by atoms with Crippen molar-refractivity contribution in [2.24, 2.45) is 0 Å². The van der Waals surface area contributed by atoms with Crippen molar-refractivity contribution in [2.45, 2.75) is 13.1 Å². The fourth-order valence-corrected chi connectivity index (χ4v) is 2.11. The van der Waals surface area contributed by atoms with Gasteiger partial charge in [0.2, 0.25) is 0 Å². The van der Waals surface area contributed by atoms with Crippen LogP contribution in [0.1, 0.15) is 5.56 Å². The van der Waals surface area contributed by atoms with Gasteiger partial charge in [-0.1, -0.05) is 12.1 Å². The van der Waals surface area contributed by atoms with Crippen molar-refractivity contribution in [3.63, 3.8) is 0 Å². The molecule has 21 heavy (non-hydrogen) atoms. The predicted molar refractivity (Wildman–Crippen MR) is 80.7 cm³/mol. The monoisotopic (exact) mass is 283 g/mol. The van der Waals surface area contributed by atoms with Gasteiger partial charge in [0.25, 0.3) is 0 Å². The van der Waals surface area contributed by atoms with E-state index in [2.05, 4.69) is 20.4 Å². The maximum Gasteiger partial charge on any atom is 0.0924 e. The smallest absolute Gasteiger partial charge is 0.0924 e. The molecule has 0 radical (unpaired) electrons. The summed E-state index contributed by atoms with van der Waals surface area (Å²) in [5, 5.41) is 16.4. The number of nitrogens with zero attached hydrogens (tertiary/aromatic N) is 3. The van der Waals surface area contributed by atoms with Crippen molar-refractivity contribution >= 4 is 5.69 Å². The van der Waals surface area contributed by atoms with Gasteiger partial charge >= 0.3 is 0 Å². The Morgan fingerprint density at radius 2 is 2.05 bits per heavy atom. The molecule has 0 bridgehead atoms. The van der Waals surface area contributed by atoms with E-state index in [1.165, 1.54) is 0 Å². The summed E-state index contributed by atoms with van der Waals surface area (Å²) < 4.78 is 1.73. The van der Waals surface area contributed by atoms with Crippen molar-refractivity contribution in [2.75, 3.05) is 11.9 Å². The first-order valence-electron chi connectivity index (χ1n) is 6.80. The molecule has 0 aliphatic heterocycles. The molecule has 0 aliphatic rings. The Balaban J connectivity index is 1.60. The number of hydrogen-bond acceptors (Lipinski definition) is 4. The van der Waals surface area contributed by atoms with E-state index in [0.29, 0.717) is 13.1 Å². The number of hydrogen-bond donors (Lipinski definition) is 3. The summed E-state index contributed by atoms with van der Waals surface area (Å²) in [6.07, 6.45) is 7.22. The second kappa shape index (κ2) is 6.23. The SMILES string of the molecule is OCCn1cc(CNc2ccc(-c3cnc[nH]3)cc2)cn1. The number of benzene rings is 1. The average Bonchev–Trinajstić information content (AvgIpc) is 3.18.